The van der Waals surface area contributed by atoms with Crippen LogP contribution in [0.5, 0.6) is 5.75 Å². The molecule has 1 atom stereocenters. The van der Waals surface area contributed by atoms with Crippen LogP contribution in [-0.2, 0) is 0 Å². The van der Waals surface area contributed by atoms with Crippen LogP contribution in [0.15, 0.2) is 69.9 Å². The first-order valence-electron chi connectivity index (χ1n) is 7.62. The molecule has 1 N–H and O–H groups in total. The second kappa shape index (κ2) is 6.54. The molecule has 4 heteroatoms. The van der Waals surface area contributed by atoms with Crippen LogP contribution >= 0.6 is 11.6 Å². The maximum absolute atomic E-state index is 12.6. The van der Waals surface area contributed by atoms with Crippen LogP contribution in [0.25, 0.3) is 11.0 Å². The van der Waals surface area contributed by atoms with Crippen molar-refractivity contribution < 1.29 is 9.52 Å². The molecule has 0 spiro atoms. The van der Waals surface area contributed by atoms with E-state index < -0.39 is 5.63 Å². The molecule has 0 aliphatic heterocycles. The zero-order valence-corrected chi connectivity index (χ0v) is 14.0. The Labute approximate surface area is 144 Å². The van der Waals surface area contributed by atoms with E-state index >= 15 is 0 Å². The minimum atomic E-state index is -0.558. The van der Waals surface area contributed by atoms with Crippen molar-refractivity contribution in [2.45, 2.75) is 19.3 Å². The Morgan fingerprint density at radius 2 is 1.96 bits per heavy atom. The number of fused-ring (bicyclic) bond motifs is 1. The van der Waals surface area contributed by atoms with Crippen molar-refractivity contribution in [3.63, 3.8) is 0 Å². The van der Waals surface area contributed by atoms with Crippen LogP contribution in [0.2, 0.25) is 5.02 Å². The molecule has 0 fully saturated rings. The summed E-state index contributed by atoms with van der Waals surface area (Å²) in [6, 6.07) is 14.4. The van der Waals surface area contributed by atoms with Gasteiger partial charge < -0.3 is 9.52 Å². The van der Waals surface area contributed by atoms with E-state index in [0.717, 1.165) is 11.1 Å². The number of rotatable bonds is 4. The molecule has 0 amide bonds. The Hall–Kier alpha value is -2.52. The van der Waals surface area contributed by atoms with Gasteiger partial charge in [-0.3, -0.25) is 0 Å². The van der Waals surface area contributed by atoms with E-state index in [2.05, 4.69) is 6.58 Å². The maximum atomic E-state index is 12.6. The predicted octanol–water partition coefficient (Wildman–Crippen LogP) is 5.25. The zero-order valence-electron chi connectivity index (χ0n) is 13.3. The Morgan fingerprint density at radius 1 is 1.25 bits per heavy atom. The number of allylic oxidation sites excluding steroid dienone is 1. The molecule has 1 aromatic heterocycles. The summed E-state index contributed by atoms with van der Waals surface area (Å²) < 4.78 is 5.41. The van der Waals surface area contributed by atoms with Gasteiger partial charge in [-0.1, -0.05) is 47.5 Å². The predicted molar refractivity (Wildman–Crippen MR) is 96.9 cm³/mol. The zero-order chi connectivity index (χ0) is 17.3. The van der Waals surface area contributed by atoms with E-state index in [4.69, 9.17) is 16.0 Å². The normalized spacial score (nSPS) is 12.2. The van der Waals surface area contributed by atoms with Gasteiger partial charge >= 0.3 is 5.63 Å². The summed E-state index contributed by atoms with van der Waals surface area (Å²) >= 11 is 5.94. The average molecular weight is 341 g/mol. The first-order chi connectivity index (χ1) is 11.5. The second-order valence-corrected chi connectivity index (χ2v) is 6.35. The van der Waals surface area contributed by atoms with Crippen molar-refractivity contribution in [1.29, 1.82) is 0 Å². The Morgan fingerprint density at radius 3 is 2.62 bits per heavy atom. The van der Waals surface area contributed by atoms with Gasteiger partial charge in [-0.2, -0.15) is 0 Å². The highest BCUT2D eigenvalue weighted by Crippen LogP contribution is 2.37. The highest BCUT2D eigenvalue weighted by atomic mass is 35.5. The maximum Gasteiger partial charge on any atom is 0.343 e. The minimum Gasteiger partial charge on any atom is -0.507 e. The number of hydrogen-bond donors (Lipinski definition) is 1. The summed E-state index contributed by atoms with van der Waals surface area (Å²) in [5, 5.41) is 11.6. The molecule has 3 rings (SSSR count). The first-order valence-corrected chi connectivity index (χ1v) is 7.99. The number of aromatic hydroxyl groups is 1. The van der Waals surface area contributed by atoms with Crippen molar-refractivity contribution >= 4 is 22.6 Å². The van der Waals surface area contributed by atoms with E-state index in [1.54, 1.807) is 12.1 Å². The van der Waals surface area contributed by atoms with Gasteiger partial charge in [0.25, 0.3) is 0 Å². The SMILES string of the molecule is C=C(C)CC(c1ccccc1)c1c(O)c2ccc(Cl)cc2oc1=O. The van der Waals surface area contributed by atoms with Gasteiger partial charge in [0.05, 0.1) is 10.9 Å². The lowest BCUT2D eigenvalue weighted by atomic mass is 9.86. The topological polar surface area (TPSA) is 50.4 Å². The summed E-state index contributed by atoms with van der Waals surface area (Å²) in [5.41, 5.74) is 1.81. The molecule has 122 valence electrons. The van der Waals surface area contributed by atoms with Crippen LogP contribution in [0.4, 0.5) is 0 Å². The molecular weight excluding hydrogens is 324 g/mol. The van der Waals surface area contributed by atoms with Crippen LogP contribution in [0.1, 0.15) is 30.4 Å². The fourth-order valence-electron chi connectivity index (χ4n) is 2.90. The lowest BCUT2D eigenvalue weighted by Gasteiger charge is -2.18. The first kappa shape index (κ1) is 16.3. The summed E-state index contributed by atoms with van der Waals surface area (Å²) in [5.74, 6) is -0.381. The standard InChI is InChI=1S/C20H17ClO3/c1-12(2)10-16(13-6-4-3-5-7-13)18-19(22)15-9-8-14(21)11-17(15)24-20(18)23/h3-9,11,16,22H,1,10H2,2H3. The van der Waals surface area contributed by atoms with Gasteiger partial charge in [-0.25, -0.2) is 4.79 Å². The molecule has 0 aliphatic rings. The van der Waals surface area contributed by atoms with E-state index in [-0.39, 0.29) is 22.8 Å². The van der Waals surface area contributed by atoms with Gasteiger partial charge in [-0.15, -0.1) is 6.58 Å². The molecular formula is C20H17ClO3. The summed E-state index contributed by atoms with van der Waals surface area (Å²) in [4.78, 5) is 12.6. The number of hydrogen-bond acceptors (Lipinski definition) is 3. The monoisotopic (exact) mass is 340 g/mol. The van der Waals surface area contributed by atoms with Crippen LogP contribution < -0.4 is 5.63 Å². The molecule has 3 aromatic rings. The quantitative estimate of drug-likeness (QED) is 0.521. The Bertz CT molecular complexity index is 958. The van der Waals surface area contributed by atoms with Crippen molar-refractivity contribution in [1.82, 2.24) is 0 Å². The minimum absolute atomic E-state index is 0.0620. The Kier molecular flexibility index (Phi) is 4.45. The summed E-state index contributed by atoms with van der Waals surface area (Å²) in [6.07, 6.45) is 0.543. The molecule has 0 saturated heterocycles. The molecule has 1 heterocycles. The molecule has 0 aliphatic carbocycles. The second-order valence-electron chi connectivity index (χ2n) is 5.92. The van der Waals surface area contributed by atoms with E-state index in [1.807, 2.05) is 37.3 Å². The van der Waals surface area contributed by atoms with Crippen molar-refractivity contribution in [2.75, 3.05) is 0 Å². The van der Waals surface area contributed by atoms with Gasteiger partial charge in [0.1, 0.15) is 11.3 Å². The third-order valence-corrected chi connectivity index (χ3v) is 4.21. The third kappa shape index (κ3) is 3.08. The van der Waals surface area contributed by atoms with E-state index in [0.29, 0.717) is 16.8 Å². The lowest BCUT2D eigenvalue weighted by molar-refractivity contribution is 0.451. The molecule has 1 unspecified atom stereocenters. The molecule has 0 saturated carbocycles. The van der Waals surface area contributed by atoms with Crippen LogP contribution in [0.3, 0.4) is 0 Å². The van der Waals surface area contributed by atoms with Gasteiger partial charge in [-0.05, 0) is 31.0 Å². The van der Waals surface area contributed by atoms with Crippen LogP contribution in [-0.4, -0.2) is 5.11 Å². The smallest absolute Gasteiger partial charge is 0.343 e. The average Bonchev–Trinajstić information content (AvgIpc) is 2.54. The van der Waals surface area contributed by atoms with Crippen molar-refractivity contribution in [3.05, 3.63) is 87.3 Å². The third-order valence-electron chi connectivity index (χ3n) is 3.98. The number of benzene rings is 2. The fraction of sp³-hybridized carbons (Fsp3) is 0.150. The largest absolute Gasteiger partial charge is 0.507 e. The fourth-order valence-corrected chi connectivity index (χ4v) is 3.06. The molecule has 0 radical (unpaired) electrons. The lowest BCUT2D eigenvalue weighted by Crippen LogP contribution is -2.14. The van der Waals surface area contributed by atoms with Crippen molar-refractivity contribution in [2.24, 2.45) is 0 Å². The highest BCUT2D eigenvalue weighted by molar-refractivity contribution is 6.31. The molecule has 0 bridgehead atoms. The van der Waals surface area contributed by atoms with Crippen molar-refractivity contribution in [3.8, 4) is 5.75 Å². The van der Waals surface area contributed by atoms with E-state index in [9.17, 15) is 9.90 Å². The summed E-state index contributed by atoms with van der Waals surface area (Å²) in [7, 11) is 0. The summed E-state index contributed by atoms with van der Waals surface area (Å²) in [6.45, 7) is 5.85. The van der Waals surface area contributed by atoms with Gasteiger partial charge in [0.2, 0.25) is 0 Å². The highest BCUT2D eigenvalue weighted by Gasteiger charge is 2.24. The molecule has 3 nitrogen and oxygen atoms in total. The Balaban J connectivity index is 2.26. The molecule has 2 aromatic carbocycles. The van der Waals surface area contributed by atoms with Crippen LogP contribution in [0, 0.1) is 0 Å². The van der Waals surface area contributed by atoms with Gasteiger partial charge in [0.15, 0.2) is 0 Å². The van der Waals surface area contributed by atoms with E-state index in [1.165, 1.54) is 6.07 Å². The number of halogens is 1. The molecule has 24 heavy (non-hydrogen) atoms. The van der Waals surface area contributed by atoms with Gasteiger partial charge in [0, 0.05) is 17.0 Å².